The summed E-state index contributed by atoms with van der Waals surface area (Å²) in [6, 6.07) is 37.0. The molecule has 5 aromatic rings. The van der Waals surface area contributed by atoms with Crippen LogP contribution in [0.25, 0.3) is 33.2 Å². The number of hydrogen-bond donors (Lipinski definition) is 0. The minimum atomic E-state index is 0.357. The van der Waals surface area contributed by atoms with E-state index < -0.39 is 0 Å². The summed E-state index contributed by atoms with van der Waals surface area (Å²) in [4.78, 5) is 12.4. The van der Waals surface area contributed by atoms with E-state index in [-0.39, 0.29) is 0 Å². The Kier molecular flexibility index (Phi) is 6.33. The van der Waals surface area contributed by atoms with Crippen LogP contribution in [0.4, 0.5) is 11.5 Å². The summed E-state index contributed by atoms with van der Waals surface area (Å²) in [6.45, 7) is 3.08. The molecule has 3 heteroatoms. The first-order chi connectivity index (χ1) is 19.8. The van der Waals surface area contributed by atoms with Crippen molar-refractivity contribution in [2.45, 2.75) is 25.7 Å². The molecule has 0 radical (unpaired) electrons. The van der Waals surface area contributed by atoms with Crippen molar-refractivity contribution < 1.29 is 0 Å². The largest absolute Gasteiger partial charge is 0.329 e. The summed E-state index contributed by atoms with van der Waals surface area (Å²) in [5.41, 5.74) is 9.39. The molecule has 7 rings (SSSR count). The van der Waals surface area contributed by atoms with Crippen molar-refractivity contribution >= 4 is 28.0 Å². The standard InChI is InChI=1S/C37H31N3/c1-2-11-33-32-16-6-7-17-34(32)38-37(33)30-14-10-13-28(24-30)26-18-20-27(21-19-26)36-31-15-5-4-12-29(31)25-35(39-36)40-22-8-3-9-23-40/h3-10,12-22,24-25,33H,2,11,23H2,1H3. The number of nitrogens with zero attached hydrogens (tertiary/aromatic N) is 3. The van der Waals surface area contributed by atoms with E-state index in [2.05, 4.69) is 139 Å². The summed E-state index contributed by atoms with van der Waals surface area (Å²) < 4.78 is 0. The molecule has 2 aliphatic rings. The molecular formula is C37H31N3. The first kappa shape index (κ1) is 24.3. The monoisotopic (exact) mass is 517 g/mol. The Hall–Kier alpha value is -4.76. The summed E-state index contributed by atoms with van der Waals surface area (Å²) >= 11 is 0. The molecule has 40 heavy (non-hydrogen) atoms. The van der Waals surface area contributed by atoms with Crippen molar-refractivity contribution in [3.63, 3.8) is 0 Å². The molecular weight excluding hydrogens is 486 g/mol. The highest BCUT2D eigenvalue weighted by atomic mass is 15.2. The average molecular weight is 518 g/mol. The van der Waals surface area contributed by atoms with Crippen molar-refractivity contribution in [1.29, 1.82) is 0 Å². The Balaban J connectivity index is 1.23. The predicted molar refractivity (Wildman–Crippen MR) is 169 cm³/mol. The molecule has 194 valence electrons. The molecule has 0 saturated heterocycles. The molecule has 0 bridgehead atoms. The second-order valence-electron chi connectivity index (χ2n) is 10.5. The van der Waals surface area contributed by atoms with E-state index in [1.165, 1.54) is 38.7 Å². The van der Waals surface area contributed by atoms with Gasteiger partial charge in [0.1, 0.15) is 5.82 Å². The van der Waals surface area contributed by atoms with E-state index in [9.17, 15) is 0 Å². The zero-order valence-electron chi connectivity index (χ0n) is 22.7. The van der Waals surface area contributed by atoms with Crippen LogP contribution in [0.15, 0.2) is 133 Å². The van der Waals surface area contributed by atoms with Crippen molar-refractivity contribution in [1.82, 2.24) is 4.98 Å². The molecule has 1 aromatic heterocycles. The highest BCUT2D eigenvalue weighted by Crippen LogP contribution is 2.40. The smallest absolute Gasteiger partial charge is 0.134 e. The van der Waals surface area contributed by atoms with Gasteiger partial charge in [0.15, 0.2) is 0 Å². The lowest BCUT2D eigenvalue weighted by Gasteiger charge is -2.21. The third kappa shape index (κ3) is 4.44. The quantitative estimate of drug-likeness (QED) is 0.224. The Labute approximate surface area is 235 Å². The molecule has 3 nitrogen and oxygen atoms in total. The van der Waals surface area contributed by atoms with Crippen LogP contribution >= 0.6 is 0 Å². The third-order valence-corrected chi connectivity index (χ3v) is 7.95. The Morgan fingerprint density at radius 1 is 0.750 bits per heavy atom. The van der Waals surface area contributed by atoms with Crippen LogP contribution in [-0.2, 0) is 0 Å². The molecule has 0 saturated carbocycles. The first-order valence-electron chi connectivity index (χ1n) is 14.2. The van der Waals surface area contributed by atoms with Gasteiger partial charge in [-0.05, 0) is 58.3 Å². The van der Waals surface area contributed by atoms with Crippen LogP contribution in [0, 0.1) is 0 Å². The highest BCUT2D eigenvalue weighted by Gasteiger charge is 2.27. The van der Waals surface area contributed by atoms with Gasteiger partial charge in [-0.2, -0.15) is 0 Å². The van der Waals surface area contributed by atoms with Crippen LogP contribution in [0.5, 0.6) is 0 Å². The fourth-order valence-corrected chi connectivity index (χ4v) is 5.95. The number of fused-ring (bicyclic) bond motifs is 2. The molecule has 0 aliphatic carbocycles. The summed E-state index contributed by atoms with van der Waals surface area (Å²) in [5.74, 6) is 1.32. The van der Waals surface area contributed by atoms with Gasteiger partial charge in [0.05, 0.1) is 17.1 Å². The number of allylic oxidation sites excluding steroid dienone is 2. The normalized spacial score (nSPS) is 15.9. The number of rotatable bonds is 6. The number of benzene rings is 4. The van der Waals surface area contributed by atoms with E-state index in [0.717, 1.165) is 42.1 Å². The molecule has 0 spiro atoms. The predicted octanol–water partition coefficient (Wildman–Crippen LogP) is 9.48. The zero-order valence-corrected chi connectivity index (χ0v) is 22.7. The van der Waals surface area contributed by atoms with Gasteiger partial charge in [0.25, 0.3) is 0 Å². The van der Waals surface area contributed by atoms with Crippen LogP contribution in [0.3, 0.4) is 0 Å². The molecule has 0 fully saturated rings. The first-order valence-corrected chi connectivity index (χ1v) is 14.2. The van der Waals surface area contributed by atoms with Gasteiger partial charge in [-0.1, -0.05) is 110 Å². The maximum Gasteiger partial charge on any atom is 0.134 e. The van der Waals surface area contributed by atoms with Crippen LogP contribution in [0.1, 0.15) is 36.8 Å². The number of aromatic nitrogens is 1. The van der Waals surface area contributed by atoms with E-state index in [1.807, 2.05) is 0 Å². The van der Waals surface area contributed by atoms with E-state index in [1.54, 1.807) is 0 Å². The van der Waals surface area contributed by atoms with Gasteiger partial charge in [0.2, 0.25) is 0 Å². The molecule has 0 amide bonds. The van der Waals surface area contributed by atoms with Crippen molar-refractivity contribution in [3.8, 4) is 22.4 Å². The number of pyridine rings is 1. The van der Waals surface area contributed by atoms with Gasteiger partial charge in [-0.15, -0.1) is 0 Å². The second kappa shape index (κ2) is 10.4. The third-order valence-electron chi connectivity index (χ3n) is 7.95. The number of anilines is 1. The minimum absolute atomic E-state index is 0.357. The van der Waals surface area contributed by atoms with Gasteiger partial charge in [-0.25, -0.2) is 4.98 Å². The van der Waals surface area contributed by atoms with E-state index >= 15 is 0 Å². The Bertz CT molecular complexity index is 1790. The van der Waals surface area contributed by atoms with Crippen LogP contribution < -0.4 is 4.90 Å². The Morgan fingerprint density at radius 2 is 1.55 bits per heavy atom. The number of para-hydroxylation sites is 1. The highest BCUT2D eigenvalue weighted by molar-refractivity contribution is 6.10. The van der Waals surface area contributed by atoms with E-state index in [4.69, 9.17) is 9.98 Å². The lowest BCUT2D eigenvalue weighted by molar-refractivity contribution is 0.756. The SMILES string of the molecule is CCCC1C(c2cccc(-c3ccc(-c4nc(N5C=CC=CC5)cc5ccccc45)cc3)c2)=Nc2ccccc21. The lowest BCUT2D eigenvalue weighted by atomic mass is 9.87. The minimum Gasteiger partial charge on any atom is -0.329 e. The van der Waals surface area contributed by atoms with Crippen molar-refractivity contribution in [2.24, 2.45) is 4.99 Å². The maximum atomic E-state index is 5.13. The van der Waals surface area contributed by atoms with Gasteiger partial charge >= 0.3 is 0 Å². The average Bonchev–Trinajstić information content (AvgIpc) is 3.40. The van der Waals surface area contributed by atoms with Gasteiger partial charge in [0, 0.05) is 29.6 Å². The molecule has 4 aromatic carbocycles. The Morgan fingerprint density at radius 3 is 2.40 bits per heavy atom. The second-order valence-corrected chi connectivity index (χ2v) is 10.5. The number of aliphatic imine (C=N–C) groups is 1. The van der Waals surface area contributed by atoms with Crippen LogP contribution in [0.2, 0.25) is 0 Å². The molecule has 1 atom stereocenters. The zero-order chi connectivity index (χ0) is 26.9. The molecule has 2 aliphatic heterocycles. The van der Waals surface area contributed by atoms with Gasteiger partial charge < -0.3 is 4.90 Å². The molecule has 1 unspecified atom stereocenters. The van der Waals surface area contributed by atoms with Crippen molar-refractivity contribution in [3.05, 3.63) is 139 Å². The maximum absolute atomic E-state index is 5.13. The fourth-order valence-electron chi connectivity index (χ4n) is 5.95. The fraction of sp³-hybridized carbons (Fsp3) is 0.135. The summed E-state index contributed by atoms with van der Waals surface area (Å²) in [6.07, 6.45) is 10.6. The van der Waals surface area contributed by atoms with E-state index in [0.29, 0.717) is 5.92 Å². The summed E-state index contributed by atoms with van der Waals surface area (Å²) in [7, 11) is 0. The van der Waals surface area contributed by atoms with Crippen molar-refractivity contribution in [2.75, 3.05) is 11.4 Å². The summed E-state index contributed by atoms with van der Waals surface area (Å²) in [5, 5.41) is 2.36. The lowest BCUT2D eigenvalue weighted by Crippen LogP contribution is -2.18. The molecule has 3 heterocycles. The molecule has 0 N–H and O–H groups in total. The topological polar surface area (TPSA) is 28.5 Å². The van der Waals surface area contributed by atoms with Gasteiger partial charge in [-0.3, -0.25) is 4.99 Å². The number of hydrogen-bond acceptors (Lipinski definition) is 3. The van der Waals surface area contributed by atoms with Crippen LogP contribution in [-0.4, -0.2) is 17.2 Å².